The average molecular weight is 299 g/mol. The zero-order valence-corrected chi connectivity index (χ0v) is 12.6. The average Bonchev–Trinajstić information content (AvgIpc) is 2.78. The van der Waals surface area contributed by atoms with Crippen LogP contribution in [-0.4, -0.2) is 14.8 Å². The zero-order chi connectivity index (χ0) is 15.0. The van der Waals surface area contributed by atoms with E-state index in [0.29, 0.717) is 10.8 Å². The lowest BCUT2D eigenvalue weighted by molar-refractivity contribution is 0.782. The van der Waals surface area contributed by atoms with Gasteiger partial charge in [-0.15, -0.1) is 0 Å². The summed E-state index contributed by atoms with van der Waals surface area (Å²) in [6, 6.07) is 9.74. The molecule has 0 amide bonds. The van der Waals surface area contributed by atoms with Crippen molar-refractivity contribution >= 4 is 17.4 Å². The highest BCUT2D eigenvalue weighted by Crippen LogP contribution is 2.39. The fourth-order valence-electron chi connectivity index (χ4n) is 2.36. The monoisotopic (exact) mass is 298 g/mol. The highest BCUT2D eigenvalue weighted by atomic mass is 35.5. The van der Waals surface area contributed by atoms with E-state index in [9.17, 15) is 0 Å². The number of pyridine rings is 1. The standard InChI is InChI=1S/C16H15ClN4/c1-10-4-3-5-12(14(10)17)15-13(16(18)21(2)20-15)11-6-8-19-9-7-11/h3-9H,18H2,1-2H3. The van der Waals surface area contributed by atoms with E-state index in [1.807, 2.05) is 44.3 Å². The molecule has 2 N–H and O–H groups in total. The Kier molecular flexibility index (Phi) is 3.39. The van der Waals surface area contributed by atoms with E-state index < -0.39 is 0 Å². The summed E-state index contributed by atoms with van der Waals surface area (Å²) in [7, 11) is 1.83. The lowest BCUT2D eigenvalue weighted by atomic mass is 10.0. The molecule has 3 aromatic rings. The van der Waals surface area contributed by atoms with E-state index in [2.05, 4.69) is 10.1 Å². The molecule has 0 spiro atoms. The fraction of sp³-hybridized carbons (Fsp3) is 0.125. The Hall–Kier alpha value is -2.33. The van der Waals surface area contributed by atoms with Gasteiger partial charge in [0.15, 0.2) is 0 Å². The summed E-state index contributed by atoms with van der Waals surface area (Å²) < 4.78 is 1.67. The van der Waals surface area contributed by atoms with E-state index in [1.165, 1.54) is 0 Å². The Bertz CT molecular complexity index is 794. The third kappa shape index (κ3) is 2.28. The number of nitrogens with zero attached hydrogens (tertiary/aromatic N) is 3. The molecule has 0 bridgehead atoms. The van der Waals surface area contributed by atoms with Crippen LogP contribution < -0.4 is 5.73 Å². The van der Waals surface area contributed by atoms with Crippen molar-refractivity contribution in [1.29, 1.82) is 0 Å². The number of benzene rings is 1. The molecular weight excluding hydrogens is 284 g/mol. The van der Waals surface area contributed by atoms with Crippen molar-refractivity contribution in [3.8, 4) is 22.4 Å². The molecule has 0 saturated carbocycles. The van der Waals surface area contributed by atoms with Gasteiger partial charge in [-0.25, -0.2) is 0 Å². The van der Waals surface area contributed by atoms with Gasteiger partial charge in [-0.1, -0.05) is 29.8 Å². The first-order chi connectivity index (χ1) is 10.1. The van der Waals surface area contributed by atoms with Gasteiger partial charge in [0.1, 0.15) is 11.5 Å². The molecule has 3 rings (SSSR count). The van der Waals surface area contributed by atoms with Crippen molar-refractivity contribution in [1.82, 2.24) is 14.8 Å². The minimum absolute atomic E-state index is 0.605. The van der Waals surface area contributed by atoms with Crippen LogP contribution in [0.4, 0.5) is 5.82 Å². The van der Waals surface area contributed by atoms with E-state index in [1.54, 1.807) is 17.1 Å². The molecule has 0 unspecified atom stereocenters. The Morgan fingerprint density at radius 1 is 1.14 bits per heavy atom. The maximum atomic E-state index is 6.45. The second-order valence-electron chi connectivity index (χ2n) is 4.90. The predicted molar refractivity (Wildman–Crippen MR) is 86.0 cm³/mol. The molecular formula is C16H15ClN4. The van der Waals surface area contributed by atoms with Crippen LogP contribution in [0.15, 0.2) is 42.7 Å². The van der Waals surface area contributed by atoms with E-state index in [0.717, 1.165) is 27.9 Å². The maximum Gasteiger partial charge on any atom is 0.129 e. The van der Waals surface area contributed by atoms with Crippen LogP contribution in [0, 0.1) is 6.92 Å². The number of nitrogens with two attached hydrogens (primary N) is 1. The van der Waals surface area contributed by atoms with Crippen LogP contribution in [0.2, 0.25) is 5.02 Å². The molecule has 21 heavy (non-hydrogen) atoms. The van der Waals surface area contributed by atoms with Gasteiger partial charge in [0.2, 0.25) is 0 Å². The summed E-state index contributed by atoms with van der Waals surface area (Å²) in [6.45, 7) is 1.98. The molecule has 4 nitrogen and oxygen atoms in total. The van der Waals surface area contributed by atoms with Crippen LogP contribution in [0.25, 0.3) is 22.4 Å². The maximum absolute atomic E-state index is 6.45. The predicted octanol–water partition coefficient (Wildman–Crippen LogP) is 3.69. The Morgan fingerprint density at radius 3 is 2.57 bits per heavy atom. The Balaban J connectivity index is 2.30. The Labute approximate surface area is 128 Å². The van der Waals surface area contributed by atoms with Gasteiger partial charge in [-0.05, 0) is 30.2 Å². The summed E-state index contributed by atoms with van der Waals surface area (Å²) in [6.07, 6.45) is 3.48. The van der Waals surface area contributed by atoms with E-state index in [4.69, 9.17) is 17.3 Å². The quantitative estimate of drug-likeness (QED) is 0.785. The smallest absolute Gasteiger partial charge is 0.129 e. The molecule has 0 saturated heterocycles. The Morgan fingerprint density at radius 2 is 1.86 bits per heavy atom. The van der Waals surface area contributed by atoms with Gasteiger partial charge < -0.3 is 5.73 Å². The lowest BCUT2D eigenvalue weighted by Crippen LogP contribution is -1.97. The topological polar surface area (TPSA) is 56.7 Å². The SMILES string of the molecule is Cc1cccc(-c2nn(C)c(N)c2-c2ccncc2)c1Cl. The molecule has 2 heterocycles. The van der Waals surface area contributed by atoms with Crippen LogP contribution in [0.1, 0.15) is 5.56 Å². The number of aromatic nitrogens is 3. The normalized spacial score (nSPS) is 10.8. The highest BCUT2D eigenvalue weighted by molar-refractivity contribution is 6.34. The molecule has 0 aliphatic carbocycles. The third-order valence-corrected chi connectivity index (χ3v) is 4.01. The van der Waals surface area contributed by atoms with Crippen molar-refractivity contribution in [3.05, 3.63) is 53.3 Å². The number of halogens is 1. The van der Waals surface area contributed by atoms with Crippen LogP contribution in [0.5, 0.6) is 0 Å². The summed E-state index contributed by atoms with van der Waals surface area (Å²) >= 11 is 6.45. The third-order valence-electron chi connectivity index (χ3n) is 3.51. The van der Waals surface area contributed by atoms with Crippen molar-refractivity contribution in [2.24, 2.45) is 7.05 Å². The van der Waals surface area contributed by atoms with Crippen molar-refractivity contribution in [2.75, 3.05) is 5.73 Å². The van der Waals surface area contributed by atoms with Gasteiger partial charge in [0, 0.05) is 25.0 Å². The van der Waals surface area contributed by atoms with E-state index >= 15 is 0 Å². The van der Waals surface area contributed by atoms with Gasteiger partial charge in [-0.2, -0.15) is 5.10 Å². The summed E-state index contributed by atoms with van der Waals surface area (Å²) in [5, 5.41) is 5.25. The molecule has 0 fully saturated rings. The second-order valence-corrected chi connectivity index (χ2v) is 5.28. The van der Waals surface area contributed by atoms with Gasteiger partial charge in [0.25, 0.3) is 0 Å². The first-order valence-corrected chi connectivity index (χ1v) is 6.95. The molecule has 0 aliphatic rings. The molecule has 5 heteroatoms. The fourth-order valence-corrected chi connectivity index (χ4v) is 2.57. The lowest BCUT2D eigenvalue weighted by Gasteiger charge is -2.07. The van der Waals surface area contributed by atoms with Crippen LogP contribution in [-0.2, 0) is 7.05 Å². The molecule has 0 aliphatic heterocycles. The zero-order valence-electron chi connectivity index (χ0n) is 11.8. The molecule has 0 radical (unpaired) electrons. The van der Waals surface area contributed by atoms with Crippen molar-refractivity contribution < 1.29 is 0 Å². The number of anilines is 1. The van der Waals surface area contributed by atoms with E-state index in [-0.39, 0.29) is 0 Å². The number of nitrogen functional groups attached to an aromatic ring is 1. The molecule has 106 valence electrons. The summed E-state index contributed by atoms with van der Waals surface area (Å²) in [5.41, 5.74) is 10.7. The first-order valence-electron chi connectivity index (χ1n) is 6.58. The first kappa shape index (κ1) is 13.6. The number of aryl methyl sites for hydroxylation is 2. The largest absolute Gasteiger partial charge is 0.383 e. The molecule has 1 aromatic carbocycles. The number of hydrogen-bond acceptors (Lipinski definition) is 3. The molecule has 2 aromatic heterocycles. The minimum Gasteiger partial charge on any atom is -0.383 e. The van der Waals surface area contributed by atoms with Gasteiger partial charge in [-0.3, -0.25) is 9.67 Å². The van der Waals surface area contributed by atoms with Crippen LogP contribution in [0.3, 0.4) is 0 Å². The van der Waals surface area contributed by atoms with Gasteiger partial charge in [0.05, 0.1) is 10.6 Å². The highest BCUT2D eigenvalue weighted by Gasteiger charge is 2.19. The number of hydrogen-bond donors (Lipinski definition) is 1. The second kappa shape index (κ2) is 5.22. The van der Waals surface area contributed by atoms with Crippen LogP contribution >= 0.6 is 11.6 Å². The number of rotatable bonds is 2. The molecule has 0 atom stereocenters. The summed E-state index contributed by atoms with van der Waals surface area (Å²) in [4.78, 5) is 4.05. The van der Waals surface area contributed by atoms with Crippen molar-refractivity contribution in [2.45, 2.75) is 6.92 Å². The van der Waals surface area contributed by atoms with Gasteiger partial charge >= 0.3 is 0 Å². The minimum atomic E-state index is 0.605. The van der Waals surface area contributed by atoms with Crippen molar-refractivity contribution in [3.63, 3.8) is 0 Å². The summed E-state index contributed by atoms with van der Waals surface area (Å²) in [5.74, 6) is 0.605.